The highest BCUT2D eigenvalue weighted by Crippen LogP contribution is 2.30. The van der Waals surface area contributed by atoms with Crippen molar-refractivity contribution in [3.8, 4) is 0 Å². The molecule has 0 atom stereocenters. The molecule has 15 heavy (non-hydrogen) atoms. The molecule has 1 aliphatic heterocycles. The minimum absolute atomic E-state index is 0.455. The number of likely N-dealkylation sites (tertiary alicyclic amines) is 1. The lowest BCUT2D eigenvalue weighted by molar-refractivity contribution is 0.284. The standard InChI is InChI=1S/C12H19N3/c1-12(2)5-7-15(9-12)8-10-4-3-6-14-11(10)13/h3-4,6H,5,7-9H2,1-2H3,(H2,13,14). The van der Waals surface area contributed by atoms with E-state index in [4.69, 9.17) is 5.73 Å². The smallest absolute Gasteiger partial charge is 0.127 e. The maximum Gasteiger partial charge on any atom is 0.127 e. The number of nitrogen functional groups attached to an aromatic ring is 1. The maximum atomic E-state index is 5.83. The number of hydrogen-bond donors (Lipinski definition) is 1. The number of nitrogens with two attached hydrogens (primary N) is 1. The topological polar surface area (TPSA) is 42.2 Å². The summed E-state index contributed by atoms with van der Waals surface area (Å²) in [7, 11) is 0. The van der Waals surface area contributed by atoms with Gasteiger partial charge in [0.05, 0.1) is 0 Å². The fourth-order valence-corrected chi connectivity index (χ4v) is 2.18. The van der Waals surface area contributed by atoms with Gasteiger partial charge in [-0.25, -0.2) is 4.98 Å². The van der Waals surface area contributed by atoms with Gasteiger partial charge in [0, 0.05) is 24.8 Å². The van der Waals surface area contributed by atoms with Crippen LogP contribution in [-0.4, -0.2) is 23.0 Å². The quantitative estimate of drug-likeness (QED) is 0.801. The lowest BCUT2D eigenvalue weighted by Gasteiger charge is -2.19. The summed E-state index contributed by atoms with van der Waals surface area (Å²) in [6.07, 6.45) is 3.01. The lowest BCUT2D eigenvalue weighted by Crippen LogP contribution is -2.23. The predicted molar refractivity (Wildman–Crippen MR) is 62.3 cm³/mol. The van der Waals surface area contributed by atoms with E-state index in [1.807, 2.05) is 6.07 Å². The molecule has 1 aromatic rings. The molecule has 2 rings (SSSR count). The summed E-state index contributed by atoms with van der Waals surface area (Å²) in [6.45, 7) is 7.89. The van der Waals surface area contributed by atoms with Crippen molar-refractivity contribution >= 4 is 5.82 Å². The second-order valence-corrected chi connectivity index (χ2v) is 5.17. The van der Waals surface area contributed by atoms with Crippen molar-refractivity contribution in [3.05, 3.63) is 23.9 Å². The molecule has 3 nitrogen and oxygen atoms in total. The number of anilines is 1. The van der Waals surface area contributed by atoms with Crippen LogP contribution in [0.5, 0.6) is 0 Å². The van der Waals surface area contributed by atoms with Gasteiger partial charge in [0.25, 0.3) is 0 Å². The first kappa shape index (κ1) is 10.4. The van der Waals surface area contributed by atoms with Gasteiger partial charge in [0.1, 0.15) is 5.82 Å². The van der Waals surface area contributed by atoms with Gasteiger partial charge in [-0.15, -0.1) is 0 Å². The van der Waals surface area contributed by atoms with E-state index in [0.717, 1.165) is 18.7 Å². The first-order valence-corrected chi connectivity index (χ1v) is 5.49. The zero-order valence-corrected chi connectivity index (χ0v) is 9.53. The average molecular weight is 205 g/mol. The molecule has 1 aliphatic rings. The number of aromatic nitrogens is 1. The molecular weight excluding hydrogens is 186 g/mol. The summed E-state index contributed by atoms with van der Waals surface area (Å²) >= 11 is 0. The van der Waals surface area contributed by atoms with Crippen LogP contribution in [0, 0.1) is 5.41 Å². The van der Waals surface area contributed by atoms with Crippen LogP contribution in [0.15, 0.2) is 18.3 Å². The Labute approximate surface area is 91.3 Å². The average Bonchev–Trinajstić information content (AvgIpc) is 2.50. The molecule has 1 aromatic heterocycles. The summed E-state index contributed by atoms with van der Waals surface area (Å²) in [4.78, 5) is 6.56. The lowest BCUT2D eigenvalue weighted by atomic mass is 9.93. The summed E-state index contributed by atoms with van der Waals surface area (Å²) in [5.41, 5.74) is 7.43. The van der Waals surface area contributed by atoms with Crippen LogP contribution < -0.4 is 5.73 Å². The van der Waals surface area contributed by atoms with Crippen molar-refractivity contribution in [2.24, 2.45) is 5.41 Å². The largest absolute Gasteiger partial charge is 0.383 e. The zero-order valence-electron chi connectivity index (χ0n) is 9.53. The molecule has 2 N–H and O–H groups in total. The first-order chi connectivity index (χ1) is 7.07. The third-order valence-electron chi connectivity index (χ3n) is 3.08. The third-order valence-corrected chi connectivity index (χ3v) is 3.08. The van der Waals surface area contributed by atoms with Gasteiger partial charge < -0.3 is 5.73 Å². The van der Waals surface area contributed by atoms with Crippen molar-refractivity contribution in [1.29, 1.82) is 0 Å². The molecule has 82 valence electrons. The van der Waals surface area contributed by atoms with Gasteiger partial charge in [0.15, 0.2) is 0 Å². The fraction of sp³-hybridized carbons (Fsp3) is 0.583. The van der Waals surface area contributed by atoms with E-state index in [1.165, 1.54) is 13.0 Å². The number of nitrogens with zero attached hydrogens (tertiary/aromatic N) is 2. The summed E-state index contributed by atoms with van der Waals surface area (Å²) in [6, 6.07) is 4.01. The van der Waals surface area contributed by atoms with E-state index >= 15 is 0 Å². The first-order valence-electron chi connectivity index (χ1n) is 5.49. The zero-order chi connectivity index (χ0) is 10.9. The Bertz CT molecular complexity index is 346. The van der Waals surface area contributed by atoms with Crippen LogP contribution in [0.25, 0.3) is 0 Å². The number of rotatable bonds is 2. The van der Waals surface area contributed by atoms with Gasteiger partial charge in [0.2, 0.25) is 0 Å². The molecule has 0 unspecified atom stereocenters. The van der Waals surface area contributed by atoms with Crippen LogP contribution in [0.4, 0.5) is 5.82 Å². The second-order valence-electron chi connectivity index (χ2n) is 5.17. The molecule has 1 fully saturated rings. The van der Waals surface area contributed by atoms with Crippen LogP contribution in [0.2, 0.25) is 0 Å². The molecule has 3 heteroatoms. The number of hydrogen-bond acceptors (Lipinski definition) is 3. The molecule has 0 spiro atoms. The normalized spacial score (nSPS) is 20.7. The molecule has 1 saturated heterocycles. The van der Waals surface area contributed by atoms with Crippen molar-refractivity contribution in [2.45, 2.75) is 26.8 Å². The fourth-order valence-electron chi connectivity index (χ4n) is 2.18. The van der Waals surface area contributed by atoms with E-state index in [9.17, 15) is 0 Å². The van der Waals surface area contributed by atoms with Crippen LogP contribution in [0.3, 0.4) is 0 Å². The van der Waals surface area contributed by atoms with Gasteiger partial charge in [-0.3, -0.25) is 4.90 Å². The highest BCUT2D eigenvalue weighted by Gasteiger charge is 2.29. The van der Waals surface area contributed by atoms with Crippen molar-refractivity contribution in [2.75, 3.05) is 18.8 Å². The van der Waals surface area contributed by atoms with Crippen LogP contribution in [0.1, 0.15) is 25.8 Å². The Kier molecular flexibility index (Phi) is 2.65. The second kappa shape index (κ2) is 3.81. The highest BCUT2D eigenvalue weighted by molar-refractivity contribution is 5.38. The minimum atomic E-state index is 0.455. The molecule has 0 bridgehead atoms. The van der Waals surface area contributed by atoms with Gasteiger partial charge in [-0.2, -0.15) is 0 Å². The highest BCUT2D eigenvalue weighted by atomic mass is 15.2. The molecule has 2 heterocycles. The van der Waals surface area contributed by atoms with Crippen molar-refractivity contribution in [3.63, 3.8) is 0 Å². The molecule has 0 radical (unpaired) electrons. The van der Waals surface area contributed by atoms with Crippen LogP contribution in [-0.2, 0) is 6.54 Å². The van der Waals surface area contributed by atoms with Crippen molar-refractivity contribution < 1.29 is 0 Å². The van der Waals surface area contributed by atoms with Gasteiger partial charge in [-0.05, 0) is 24.4 Å². The maximum absolute atomic E-state index is 5.83. The minimum Gasteiger partial charge on any atom is -0.383 e. The van der Waals surface area contributed by atoms with Gasteiger partial charge in [-0.1, -0.05) is 19.9 Å². The Morgan fingerprint density at radius 3 is 2.93 bits per heavy atom. The summed E-state index contributed by atoms with van der Waals surface area (Å²) in [5.74, 6) is 0.669. The SMILES string of the molecule is CC1(C)CCN(Cc2cccnc2N)C1. The van der Waals surface area contributed by atoms with E-state index in [-0.39, 0.29) is 0 Å². The van der Waals surface area contributed by atoms with E-state index in [1.54, 1.807) is 6.20 Å². The van der Waals surface area contributed by atoms with Crippen molar-refractivity contribution in [1.82, 2.24) is 9.88 Å². The summed E-state index contributed by atoms with van der Waals surface area (Å²) < 4.78 is 0. The Morgan fingerprint density at radius 1 is 1.53 bits per heavy atom. The van der Waals surface area contributed by atoms with E-state index in [0.29, 0.717) is 11.2 Å². The molecule has 0 saturated carbocycles. The Hall–Kier alpha value is -1.09. The van der Waals surface area contributed by atoms with Crippen LogP contribution >= 0.6 is 0 Å². The van der Waals surface area contributed by atoms with E-state index in [2.05, 4.69) is 29.8 Å². The molecule has 0 aromatic carbocycles. The predicted octanol–water partition coefficient (Wildman–Crippen LogP) is 1.90. The molecule has 0 amide bonds. The Balaban J connectivity index is 2.02. The van der Waals surface area contributed by atoms with E-state index < -0.39 is 0 Å². The van der Waals surface area contributed by atoms with Gasteiger partial charge >= 0.3 is 0 Å². The monoisotopic (exact) mass is 205 g/mol. The Morgan fingerprint density at radius 2 is 2.33 bits per heavy atom. The third kappa shape index (κ3) is 2.48. The molecular formula is C12H19N3. The number of pyridine rings is 1. The summed E-state index contributed by atoms with van der Waals surface area (Å²) in [5, 5.41) is 0. The molecule has 0 aliphatic carbocycles.